The monoisotopic (exact) mass is 443 g/mol. The first-order valence-corrected chi connectivity index (χ1v) is 10.4. The Bertz CT molecular complexity index is 1230. The Hall–Kier alpha value is -3.69. The van der Waals surface area contributed by atoms with Gasteiger partial charge < -0.3 is 13.7 Å². The zero-order valence-electron chi connectivity index (χ0n) is 18.3. The number of ketones is 1. The van der Waals surface area contributed by atoms with Crippen LogP contribution in [0.15, 0.2) is 33.5 Å². The van der Waals surface area contributed by atoms with Crippen LogP contribution >= 0.6 is 0 Å². The van der Waals surface area contributed by atoms with Gasteiger partial charge in [0.1, 0.15) is 0 Å². The largest absolute Gasteiger partial charge is 0.457 e. The molecule has 3 aromatic rings. The minimum Gasteiger partial charge on any atom is -0.457 e. The minimum absolute atomic E-state index is 0.00817. The maximum absolute atomic E-state index is 12.5. The van der Waals surface area contributed by atoms with Crippen LogP contribution in [-0.4, -0.2) is 32.4 Å². The highest BCUT2D eigenvalue weighted by atomic mass is 16.6. The lowest BCUT2D eigenvalue weighted by atomic mass is 10.1. The Labute approximate surface area is 183 Å². The summed E-state index contributed by atoms with van der Waals surface area (Å²) in [6.45, 7) is 6.52. The maximum Gasteiger partial charge on any atom is 0.419 e. The number of benzene rings is 1. The van der Waals surface area contributed by atoms with E-state index in [1.54, 1.807) is 0 Å². The topological polar surface area (TPSA) is 127 Å². The Balaban J connectivity index is 1.54. The average molecular weight is 443 g/mol. The summed E-state index contributed by atoms with van der Waals surface area (Å²) in [7, 11) is 0. The van der Waals surface area contributed by atoms with Crippen molar-refractivity contribution < 1.29 is 23.7 Å². The van der Waals surface area contributed by atoms with E-state index in [1.807, 2.05) is 19.9 Å². The zero-order chi connectivity index (χ0) is 23.4. The van der Waals surface area contributed by atoms with Crippen LogP contribution in [0.1, 0.15) is 47.9 Å². The first-order chi connectivity index (χ1) is 15.2. The fourth-order valence-corrected chi connectivity index (χ4v) is 3.71. The van der Waals surface area contributed by atoms with Gasteiger partial charge in [-0.15, -0.1) is 0 Å². The number of rotatable bonds is 10. The number of non-ortho nitro benzene ring substituents is 1. The standard InChI is InChI=1S/C22H25N3O7/c1-4-9-23-14(2)11-17(15(23)3)19(26)13-31-21(27)6-5-10-24-18-8-7-16(25(29)30)12-20(18)32-22(24)28/h7-8,11-12H,4-6,9-10,13H2,1-3H3. The molecule has 0 saturated carbocycles. The number of nitro groups is 1. The first-order valence-electron chi connectivity index (χ1n) is 10.4. The highest BCUT2D eigenvalue weighted by Crippen LogP contribution is 2.20. The van der Waals surface area contributed by atoms with E-state index in [4.69, 9.17) is 9.15 Å². The molecule has 10 nitrogen and oxygen atoms in total. The molecule has 0 amide bonds. The average Bonchev–Trinajstić information content (AvgIpc) is 3.22. The second-order valence-electron chi connectivity index (χ2n) is 7.55. The first kappa shape index (κ1) is 23.0. The van der Waals surface area contributed by atoms with Crippen molar-refractivity contribution in [3.8, 4) is 0 Å². The van der Waals surface area contributed by atoms with Gasteiger partial charge in [0.25, 0.3) is 5.69 Å². The van der Waals surface area contributed by atoms with Crippen molar-refractivity contribution in [2.75, 3.05) is 6.61 Å². The summed E-state index contributed by atoms with van der Waals surface area (Å²) < 4.78 is 13.5. The van der Waals surface area contributed by atoms with Crippen molar-refractivity contribution in [2.24, 2.45) is 0 Å². The Kier molecular flexibility index (Phi) is 6.92. The molecule has 0 spiro atoms. The predicted molar refractivity (Wildman–Crippen MR) is 116 cm³/mol. The highest BCUT2D eigenvalue weighted by Gasteiger charge is 2.18. The van der Waals surface area contributed by atoms with Crippen LogP contribution in [0, 0.1) is 24.0 Å². The molecule has 0 fully saturated rings. The summed E-state index contributed by atoms with van der Waals surface area (Å²) in [5, 5.41) is 10.9. The van der Waals surface area contributed by atoms with Gasteiger partial charge >= 0.3 is 11.7 Å². The number of aromatic nitrogens is 2. The predicted octanol–water partition coefficient (Wildman–Crippen LogP) is 3.54. The smallest absolute Gasteiger partial charge is 0.419 e. The van der Waals surface area contributed by atoms with Crippen molar-refractivity contribution >= 4 is 28.5 Å². The third kappa shape index (κ3) is 4.79. The van der Waals surface area contributed by atoms with E-state index in [2.05, 4.69) is 11.5 Å². The molecule has 170 valence electrons. The Morgan fingerprint density at radius 2 is 1.91 bits per heavy atom. The van der Waals surface area contributed by atoms with Gasteiger partial charge in [-0.1, -0.05) is 6.92 Å². The van der Waals surface area contributed by atoms with Gasteiger partial charge in [0.05, 0.1) is 16.5 Å². The highest BCUT2D eigenvalue weighted by molar-refractivity contribution is 5.99. The van der Waals surface area contributed by atoms with Crippen LogP contribution in [0.2, 0.25) is 0 Å². The van der Waals surface area contributed by atoms with Gasteiger partial charge in [-0.05, 0) is 38.8 Å². The zero-order valence-corrected chi connectivity index (χ0v) is 18.3. The number of esters is 1. The number of hydrogen-bond acceptors (Lipinski definition) is 7. The number of nitro benzene ring substituents is 1. The SMILES string of the molecule is CCCn1c(C)cc(C(=O)COC(=O)CCCn2c(=O)oc3cc([N+](=O)[O-])ccc32)c1C. The molecule has 0 saturated heterocycles. The second-order valence-corrected chi connectivity index (χ2v) is 7.55. The molecule has 0 aliphatic rings. The molecule has 3 rings (SSSR count). The van der Waals surface area contributed by atoms with E-state index in [-0.39, 0.29) is 43.0 Å². The molecular formula is C22H25N3O7. The van der Waals surface area contributed by atoms with E-state index in [9.17, 15) is 24.5 Å². The van der Waals surface area contributed by atoms with Gasteiger partial charge in [-0.2, -0.15) is 0 Å². The Morgan fingerprint density at radius 3 is 2.59 bits per heavy atom. The van der Waals surface area contributed by atoms with Gasteiger partial charge in [0, 0.05) is 42.5 Å². The molecule has 0 atom stereocenters. The molecule has 0 aliphatic heterocycles. The van der Waals surface area contributed by atoms with E-state index in [1.165, 1.54) is 22.8 Å². The minimum atomic E-state index is -0.661. The third-order valence-electron chi connectivity index (χ3n) is 5.31. The van der Waals surface area contributed by atoms with Gasteiger partial charge in [0.2, 0.25) is 5.78 Å². The molecule has 2 aromatic heterocycles. The van der Waals surface area contributed by atoms with Crippen LogP contribution in [0.25, 0.3) is 11.1 Å². The van der Waals surface area contributed by atoms with E-state index in [0.29, 0.717) is 11.1 Å². The number of nitrogens with zero attached hydrogens (tertiary/aromatic N) is 3. The summed E-state index contributed by atoms with van der Waals surface area (Å²) in [6, 6.07) is 5.71. The molecule has 10 heteroatoms. The number of oxazole rings is 1. The van der Waals surface area contributed by atoms with Crippen LogP contribution in [0.4, 0.5) is 5.69 Å². The normalized spacial score (nSPS) is 11.1. The molecule has 0 aliphatic carbocycles. The van der Waals surface area contributed by atoms with Crippen molar-refractivity contribution in [1.82, 2.24) is 9.13 Å². The molecule has 0 radical (unpaired) electrons. The lowest BCUT2D eigenvalue weighted by Crippen LogP contribution is -2.17. The number of aryl methyl sites for hydroxylation is 2. The molecule has 1 aromatic carbocycles. The summed E-state index contributed by atoms with van der Waals surface area (Å²) in [4.78, 5) is 46.9. The molecule has 32 heavy (non-hydrogen) atoms. The second kappa shape index (κ2) is 9.63. The summed E-state index contributed by atoms with van der Waals surface area (Å²) in [5.41, 5.74) is 2.74. The number of hydrogen-bond donors (Lipinski definition) is 0. The van der Waals surface area contributed by atoms with E-state index < -0.39 is 16.6 Å². The quantitative estimate of drug-likeness (QED) is 0.203. The summed E-state index contributed by atoms with van der Waals surface area (Å²) in [5.74, 6) is -1.46. The van der Waals surface area contributed by atoms with Gasteiger partial charge in [-0.3, -0.25) is 24.3 Å². The van der Waals surface area contributed by atoms with Crippen molar-refractivity contribution in [1.29, 1.82) is 0 Å². The molecule has 0 bridgehead atoms. The summed E-state index contributed by atoms with van der Waals surface area (Å²) in [6.07, 6.45) is 1.24. The van der Waals surface area contributed by atoms with Crippen LogP contribution < -0.4 is 5.76 Å². The van der Waals surface area contributed by atoms with Crippen molar-refractivity contribution in [2.45, 2.75) is 53.1 Å². The number of Topliss-reactive ketones (excluding diaryl/α,β-unsaturated/α-hetero) is 1. The number of ether oxygens (including phenoxy) is 1. The van der Waals surface area contributed by atoms with Crippen LogP contribution in [-0.2, 0) is 22.6 Å². The lowest BCUT2D eigenvalue weighted by molar-refractivity contribution is -0.384. The molecular weight excluding hydrogens is 418 g/mol. The maximum atomic E-state index is 12.5. The Morgan fingerprint density at radius 1 is 1.16 bits per heavy atom. The number of carbonyl (C=O) groups is 2. The van der Waals surface area contributed by atoms with Gasteiger partial charge in [0.15, 0.2) is 12.2 Å². The van der Waals surface area contributed by atoms with Crippen LogP contribution in [0.5, 0.6) is 0 Å². The fourth-order valence-electron chi connectivity index (χ4n) is 3.71. The number of carbonyl (C=O) groups excluding carboxylic acids is 2. The van der Waals surface area contributed by atoms with Crippen LogP contribution in [0.3, 0.4) is 0 Å². The van der Waals surface area contributed by atoms with Crippen molar-refractivity contribution in [3.63, 3.8) is 0 Å². The van der Waals surface area contributed by atoms with Crippen molar-refractivity contribution in [3.05, 3.63) is 61.9 Å². The summed E-state index contributed by atoms with van der Waals surface area (Å²) >= 11 is 0. The molecule has 2 heterocycles. The van der Waals surface area contributed by atoms with E-state index in [0.717, 1.165) is 24.4 Å². The third-order valence-corrected chi connectivity index (χ3v) is 5.31. The lowest BCUT2D eigenvalue weighted by Gasteiger charge is -2.08. The van der Waals surface area contributed by atoms with Gasteiger partial charge in [-0.25, -0.2) is 4.79 Å². The fraction of sp³-hybridized carbons (Fsp3) is 0.409. The molecule has 0 N–H and O–H groups in total. The molecule has 0 unspecified atom stereocenters. The number of fused-ring (bicyclic) bond motifs is 1. The van der Waals surface area contributed by atoms with E-state index >= 15 is 0 Å².